The molecule has 1 aliphatic heterocycles. The van der Waals surface area contributed by atoms with Gasteiger partial charge in [-0.15, -0.1) is 17.0 Å². The number of Topliss-reactive ketones (excluding diaryl/α,β-unsaturated/α-hetero) is 1. The molecule has 0 bridgehead atoms. The zero-order valence-electron chi connectivity index (χ0n) is 11.5. The van der Waals surface area contributed by atoms with Gasteiger partial charge in [0.15, 0.2) is 5.78 Å². The molecule has 0 aromatic heterocycles. The van der Waals surface area contributed by atoms with E-state index in [0.717, 1.165) is 11.1 Å². The van der Waals surface area contributed by atoms with E-state index in [1.807, 2.05) is 24.3 Å². The molecule has 0 unspecified atom stereocenters. The summed E-state index contributed by atoms with van der Waals surface area (Å²) in [5.41, 5.74) is 2.47. The molecule has 1 N–H and O–H groups in total. The highest BCUT2D eigenvalue weighted by Crippen LogP contribution is 2.25. The predicted molar refractivity (Wildman–Crippen MR) is 94.8 cm³/mol. The van der Waals surface area contributed by atoms with Crippen LogP contribution in [0.1, 0.15) is 21.5 Å². The summed E-state index contributed by atoms with van der Waals surface area (Å²) in [6, 6.07) is 12.6. The second-order valence-corrected chi connectivity index (χ2v) is 5.73. The van der Waals surface area contributed by atoms with Gasteiger partial charge in [-0.05, 0) is 23.8 Å². The Morgan fingerprint density at radius 2 is 1.86 bits per heavy atom. The lowest BCUT2D eigenvalue weighted by molar-refractivity contribution is 0.0962. The summed E-state index contributed by atoms with van der Waals surface area (Å²) in [6.07, 6.45) is 0. The van der Waals surface area contributed by atoms with Crippen LogP contribution in [0.15, 0.2) is 42.5 Å². The van der Waals surface area contributed by atoms with Crippen LogP contribution in [0.25, 0.3) is 0 Å². The van der Waals surface area contributed by atoms with Crippen molar-refractivity contribution in [3.8, 4) is 0 Å². The van der Waals surface area contributed by atoms with E-state index in [1.165, 1.54) is 0 Å². The second-order valence-electron chi connectivity index (χ2n) is 4.91. The van der Waals surface area contributed by atoms with Gasteiger partial charge in [-0.25, -0.2) is 0 Å². The quantitative estimate of drug-likeness (QED) is 0.766. The van der Waals surface area contributed by atoms with E-state index in [2.05, 4.69) is 0 Å². The molecule has 1 heterocycles. The van der Waals surface area contributed by atoms with Gasteiger partial charge in [-0.3, -0.25) is 10.2 Å². The molecule has 22 heavy (non-hydrogen) atoms. The summed E-state index contributed by atoms with van der Waals surface area (Å²) in [7, 11) is 0. The van der Waals surface area contributed by atoms with Crippen molar-refractivity contribution in [3.63, 3.8) is 0 Å². The highest BCUT2D eigenvalue weighted by molar-refractivity contribution is 8.93. The Morgan fingerprint density at radius 1 is 1.14 bits per heavy atom. The van der Waals surface area contributed by atoms with Crippen molar-refractivity contribution < 1.29 is 4.79 Å². The van der Waals surface area contributed by atoms with Crippen LogP contribution >= 0.6 is 40.2 Å². The Labute approximate surface area is 149 Å². The standard InChI is InChI=1S/C16H12Cl2N2O.BrH/c17-13-6-5-10(7-14(13)18)15(21)9-20-8-11-3-1-2-4-12(11)16(20)19;/h1-7,19H,8-9H2;1H. The molecule has 0 aliphatic carbocycles. The average Bonchev–Trinajstić information content (AvgIpc) is 2.79. The first-order valence-corrected chi connectivity index (χ1v) is 7.22. The lowest BCUT2D eigenvalue weighted by atomic mass is 10.1. The summed E-state index contributed by atoms with van der Waals surface area (Å²) < 4.78 is 0. The van der Waals surface area contributed by atoms with Gasteiger partial charge in [0.05, 0.1) is 16.6 Å². The molecule has 0 fully saturated rings. The van der Waals surface area contributed by atoms with Gasteiger partial charge < -0.3 is 4.90 Å². The van der Waals surface area contributed by atoms with E-state index in [0.29, 0.717) is 28.0 Å². The first-order chi connectivity index (χ1) is 10.1. The molecule has 114 valence electrons. The maximum atomic E-state index is 12.3. The van der Waals surface area contributed by atoms with E-state index < -0.39 is 0 Å². The largest absolute Gasteiger partial charge is 0.345 e. The first kappa shape index (κ1) is 17.0. The number of ketones is 1. The Hall–Kier alpha value is -1.36. The highest BCUT2D eigenvalue weighted by atomic mass is 79.9. The summed E-state index contributed by atoms with van der Waals surface area (Å²) in [5, 5.41) is 8.94. The van der Waals surface area contributed by atoms with Crippen molar-refractivity contribution in [2.75, 3.05) is 6.54 Å². The van der Waals surface area contributed by atoms with Crippen molar-refractivity contribution in [2.45, 2.75) is 6.54 Å². The first-order valence-electron chi connectivity index (χ1n) is 6.46. The normalized spacial score (nSPS) is 12.8. The summed E-state index contributed by atoms with van der Waals surface area (Å²) in [6.45, 7) is 0.744. The lowest BCUT2D eigenvalue weighted by Gasteiger charge is -2.17. The maximum absolute atomic E-state index is 12.3. The Bertz CT molecular complexity index is 749. The number of benzene rings is 2. The summed E-state index contributed by atoms with van der Waals surface area (Å²) >= 11 is 11.8. The van der Waals surface area contributed by atoms with Crippen LogP contribution in [0, 0.1) is 5.41 Å². The molecule has 0 spiro atoms. The molecule has 3 nitrogen and oxygen atoms in total. The topological polar surface area (TPSA) is 44.2 Å². The third-order valence-corrected chi connectivity index (χ3v) is 4.26. The highest BCUT2D eigenvalue weighted by Gasteiger charge is 2.25. The van der Waals surface area contributed by atoms with Crippen molar-refractivity contribution >= 4 is 51.8 Å². The van der Waals surface area contributed by atoms with Gasteiger partial charge in [0.2, 0.25) is 0 Å². The minimum absolute atomic E-state index is 0. The summed E-state index contributed by atoms with van der Waals surface area (Å²) in [4.78, 5) is 14.1. The molecule has 2 aromatic rings. The number of hydrogen-bond acceptors (Lipinski definition) is 2. The number of nitrogens with one attached hydrogen (secondary N) is 1. The van der Waals surface area contributed by atoms with E-state index in [9.17, 15) is 4.79 Å². The number of fused-ring (bicyclic) bond motifs is 1. The van der Waals surface area contributed by atoms with Crippen LogP contribution in [0.4, 0.5) is 0 Å². The van der Waals surface area contributed by atoms with Crippen molar-refractivity contribution in [1.82, 2.24) is 4.90 Å². The molecule has 0 atom stereocenters. The molecule has 2 aromatic carbocycles. The van der Waals surface area contributed by atoms with Crippen molar-refractivity contribution in [3.05, 3.63) is 69.2 Å². The lowest BCUT2D eigenvalue weighted by Crippen LogP contribution is -2.30. The van der Waals surface area contributed by atoms with Crippen LogP contribution in [0.3, 0.4) is 0 Å². The Kier molecular flexibility index (Phi) is 5.27. The molecule has 0 saturated carbocycles. The number of carbonyl (C=O) groups excluding carboxylic acids is 1. The Balaban J connectivity index is 0.00000176. The zero-order valence-corrected chi connectivity index (χ0v) is 14.7. The van der Waals surface area contributed by atoms with Gasteiger partial charge in [0, 0.05) is 17.7 Å². The SMILES string of the molecule is Br.N=C1c2ccccc2CN1CC(=O)c1ccc(Cl)c(Cl)c1. The Morgan fingerprint density at radius 3 is 2.55 bits per heavy atom. The fourth-order valence-electron chi connectivity index (χ4n) is 2.41. The van der Waals surface area contributed by atoms with Gasteiger partial charge in [-0.1, -0.05) is 47.5 Å². The summed E-state index contributed by atoms with van der Waals surface area (Å²) in [5.74, 6) is 0.310. The smallest absolute Gasteiger partial charge is 0.182 e. The van der Waals surface area contributed by atoms with Gasteiger partial charge >= 0.3 is 0 Å². The molecule has 6 heteroatoms. The minimum Gasteiger partial charge on any atom is -0.345 e. The second kappa shape index (κ2) is 6.82. The predicted octanol–water partition coefficient (Wildman–Crippen LogP) is 4.60. The van der Waals surface area contributed by atoms with E-state index in [1.54, 1.807) is 23.1 Å². The molecule has 0 saturated heterocycles. The van der Waals surface area contributed by atoms with Crippen molar-refractivity contribution in [1.29, 1.82) is 5.41 Å². The fraction of sp³-hybridized carbons (Fsp3) is 0.125. The maximum Gasteiger partial charge on any atom is 0.182 e. The molecular weight excluding hydrogens is 387 g/mol. The third kappa shape index (κ3) is 3.19. The minimum atomic E-state index is -0.0777. The molecular formula is C16H13BrCl2N2O. The zero-order chi connectivity index (χ0) is 15.0. The van der Waals surface area contributed by atoms with Gasteiger partial charge in [0.25, 0.3) is 0 Å². The van der Waals surface area contributed by atoms with Crippen molar-refractivity contribution in [2.24, 2.45) is 0 Å². The van der Waals surface area contributed by atoms with E-state index in [4.69, 9.17) is 28.6 Å². The average molecular weight is 400 g/mol. The van der Waals surface area contributed by atoms with Crippen LogP contribution in [-0.4, -0.2) is 23.1 Å². The van der Waals surface area contributed by atoms with E-state index in [-0.39, 0.29) is 29.3 Å². The fourth-order valence-corrected chi connectivity index (χ4v) is 2.71. The molecule has 3 rings (SSSR count). The van der Waals surface area contributed by atoms with Gasteiger partial charge in [-0.2, -0.15) is 0 Å². The van der Waals surface area contributed by atoms with Crippen LogP contribution < -0.4 is 0 Å². The van der Waals surface area contributed by atoms with E-state index >= 15 is 0 Å². The van der Waals surface area contributed by atoms with Crippen LogP contribution in [0.5, 0.6) is 0 Å². The number of nitrogens with zero attached hydrogens (tertiary/aromatic N) is 1. The van der Waals surface area contributed by atoms with Crippen LogP contribution in [-0.2, 0) is 6.54 Å². The molecule has 0 radical (unpaired) electrons. The number of rotatable bonds is 3. The number of halogens is 3. The van der Waals surface area contributed by atoms with Gasteiger partial charge in [0.1, 0.15) is 5.84 Å². The third-order valence-electron chi connectivity index (χ3n) is 3.53. The molecule has 1 aliphatic rings. The molecule has 0 amide bonds. The van der Waals surface area contributed by atoms with Crippen LogP contribution in [0.2, 0.25) is 10.0 Å². The number of hydrogen-bond donors (Lipinski definition) is 1. The monoisotopic (exact) mass is 398 g/mol. The number of amidine groups is 1. The number of carbonyl (C=O) groups is 1.